The number of nitrogens with two attached hydrogens (primary N) is 1. The lowest BCUT2D eigenvalue weighted by molar-refractivity contribution is 0.502. The molecule has 5 heteroatoms. The summed E-state index contributed by atoms with van der Waals surface area (Å²) in [7, 11) is -3.62. The predicted octanol–water partition coefficient (Wildman–Crippen LogP) is 0.757. The van der Waals surface area contributed by atoms with Gasteiger partial charge in [0.1, 0.15) is 0 Å². The van der Waals surface area contributed by atoms with Crippen molar-refractivity contribution in [1.82, 2.24) is 4.72 Å². The van der Waals surface area contributed by atoms with Gasteiger partial charge in [-0.1, -0.05) is 44.2 Å². The van der Waals surface area contributed by atoms with Crippen molar-refractivity contribution >= 4 is 10.2 Å². The fourth-order valence-electron chi connectivity index (χ4n) is 1.27. The first kappa shape index (κ1) is 12.2. The summed E-state index contributed by atoms with van der Waals surface area (Å²) in [5, 5.41) is 4.88. The maximum Gasteiger partial charge on any atom is 0.274 e. The van der Waals surface area contributed by atoms with Gasteiger partial charge in [0.2, 0.25) is 0 Å². The van der Waals surface area contributed by atoms with Gasteiger partial charge in [-0.05, 0) is 5.56 Å². The number of nitrogens with one attached hydrogen (secondary N) is 1. The van der Waals surface area contributed by atoms with Crippen molar-refractivity contribution in [2.75, 3.05) is 6.54 Å². The molecule has 15 heavy (non-hydrogen) atoms. The van der Waals surface area contributed by atoms with Crippen LogP contribution in [-0.4, -0.2) is 15.0 Å². The van der Waals surface area contributed by atoms with E-state index in [9.17, 15) is 8.42 Å². The summed E-state index contributed by atoms with van der Waals surface area (Å²) in [5.41, 5.74) is 0.800. The van der Waals surface area contributed by atoms with Crippen LogP contribution in [0.5, 0.6) is 0 Å². The molecule has 0 aliphatic rings. The highest BCUT2D eigenvalue weighted by Gasteiger charge is 2.21. The molecule has 0 saturated carbocycles. The molecule has 0 amide bonds. The van der Waals surface area contributed by atoms with Crippen molar-refractivity contribution in [1.29, 1.82) is 0 Å². The Morgan fingerprint density at radius 1 is 1.27 bits per heavy atom. The third kappa shape index (κ3) is 3.99. The first-order chi connectivity index (χ1) is 6.81. The molecule has 0 bridgehead atoms. The summed E-state index contributed by atoms with van der Waals surface area (Å²) in [6, 6.07) is 9.70. The second-order valence-electron chi connectivity index (χ2n) is 4.12. The topological polar surface area (TPSA) is 72.2 Å². The maximum atomic E-state index is 10.8. The largest absolute Gasteiger partial charge is 0.274 e. The summed E-state index contributed by atoms with van der Waals surface area (Å²) in [5.74, 6) is 0. The Morgan fingerprint density at radius 3 is 2.27 bits per heavy atom. The lowest BCUT2D eigenvalue weighted by Gasteiger charge is -2.24. The lowest BCUT2D eigenvalue weighted by Crippen LogP contribution is -2.40. The first-order valence-electron chi connectivity index (χ1n) is 4.64. The average molecular weight is 228 g/mol. The second-order valence-corrected chi connectivity index (χ2v) is 5.49. The van der Waals surface area contributed by atoms with Crippen LogP contribution in [-0.2, 0) is 15.6 Å². The van der Waals surface area contributed by atoms with Gasteiger partial charge < -0.3 is 0 Å². The molecule has 1 aromatic rings. The molecule has 0 atom stereocenters. The van der Waals surface area contributed by atoms with E-state index in [1.165, 1.54) is 0 Å². The molecule has 3 N–H and O–H groups in total. The van der Waals surface area contributed by atoms with Crippen molar-refractivity contribution in [2.24, 2.45) is 5.14 Å². The summed E-state index contributed by atoms with van der Waals surface area (Å²) in [6.07, 6.45) is 0. The molecule has 0 saturated heterocycles. The van der Waals surface area contributed by atoms with Gasteiger partial charge in [-0.25, -0.2) is 9.86 Å². The highest BCUT2D eigenvalue weighted by Crippen LogP contribution is 2.21. The summed E-state index contributed by atoms with van der Waals surface area (Å²) >= 11 is 0. The molecule has 1 rings (SSSR count). The minimum atomic E-state index is -3.62. The standard InChI is InChI=1S/C10H16N2O2S/c1-10(2,8-12-15(11,13)14)9-6-4-3-5-7-9/h3-7,12H,8H2,1-2H3,(H2,11,13,14). The normalized spacial score (nSPS) is 12.7. The Labute approximate surface area is 90.7 Å². The van der Waals surface area contributed by atoms with Gasteiger partial charge in [0.15, 0.2) is 0 Å². The average Bonchev–Trinajstić information content (AvgIpc) is 2.16. The predicted molar refractivity (Wildman–Crippen MR) is 60.6 cm³/mol. The second kappa shape index (κ2) is 4.30. The molecule has 0 aliphatic heterocycles. The molecule has 0 heterocycles. The zero-order chi connectivity index (χ0) is 11.5. The molecule has 0 aliphatic carbocycles. The molecule has 0 aromatic heterocycles. The van der Waals surface area contributed by atoms with Crippen LogP contribution >= 0.6 is 0 Å². The fourth-order valence-corrected chi connectivity index (χ4v) is 1.83. The van der Waals surface area contributed by atoms with Gasteiger partial charge >= 0.3 is 0 Å². The lowest BCUT2D eigenvalue weighted by atomic mass is 9.85. The monoisotopic (exact) mass is 228 g/mol. The molecular weight excluding hydrogens is 212 g/mol. The van der Waals surface area contributed by atoms with E-state index in [-0.39, 0.29) is 12.0 Å². The Bertz CT molecular complexity index is 412. The van der Waals surface area contributed by atoms with Crippen molar-refractivity contribution < 1.29 is 8.42 Å². The van der Waals surface area contributed by atoms with Crippen LogP contribution in [0.4, 0.5) is 0 Å². The summed E-state index contributed by atoms with van der Waals surface area (Å²) < 4.78 is 23.9. The van der Waals surface area contributed by atoms with Crippen LogP contribution in [0.2, 0.25) is 0 Å². The minimum Gasteiger partial charge on any atom is -0.216 e. The van der Waals surface area contributed by atoms with Crippen LogP contribution in [0.15, 0.2) is 30.3 Å². The van der Waals surface area contributed by atoms with Crippen molar-refractivity contribution in [3.8, 4) is 0 Å². The van der Waals surface area contributed by atoms with E-state index in [1.807, 2.05) is 44.2 Å². The number of hydrogen-bond acceptors (Lipinski definition) is 2. The van der Waals surface area contributed by atoms with Crippen LogP contribution in [0.3, 0.4) is 0 Å². The van der Waals surface area contributed by atoms with Crippen LogP contribution < -0.4 is 9.86 Å². The molecule has 0 radical (unpaired) electrons. The van der Waals surface area contributed by atoms with E-state index >= 15 is 0 Å². The van der Waals surface area contributed by atoms with Gasteiger partial charge in [-0.3, -0.25) is 0 Å². The van der Waals surface area contributed by atoms with E-state index in [2.05, 4.69) is 4.72 Å². The molecule has 0 spiro atoms. The zero-order valence-electron chi connectivity index (χ0n) is 8.90. The Kier molecular flexibility index (Phi) is 3.49. The van der Waals surface area contributed by atoms with Crippen LogP contribution in [0, 0.1) is 0 Å². The quantitative estimate of drug-likeness (QED) is 0.798. The minimum absolute atomic E-state index is 0.270. The SMILES string of the molecule is CC(C)(CNS(N)(=O)=O)c1ccccc1. The van der Waals surface area contributed by atoms with Crippen LogP contribution in [0.25, 0.3) is 0 Å². The van der Waals surface area contributed by atoms with E-state index in [4.69, 9.17) is 5.14 Å². The first-order valence-corrected chi connectivity index (χ1v) is 6.19. The van der Waals surface area contributed by atoms with Gasteiger partial charge in [0, 0.05) is 12.0 Å². The van der Waals surface area contributed by atoms with Crippen molar-refractivity contribution in [3.05, 3.63) is 35.9 Å². The van der Waals surface area contributed by atoms with E-state index in [0.29, 0.717) is 0 Å². The Balaban J connectivity index is 2.76. The highest BCUT2D eigenvalue weighted by molar-refractivity contribution is 7.87. The molecule has 0 unspecified atom stereocenters. The number of hydrogen-bond donors (Lipinski definition) is 2. The van der Waals surface area contributed by atoms with E-state index in [0.717, 1.165) is 5.56 Å². The van der Waals surface area contributed by atoms with Crippen molar-refractivity contribution in [3.63, 3.8) is 0 Å². The highest BCUT2D eigenvalue weighted by atomic mass is 32.2. The summed E-state index contributed by atoms with van der Waals surface area (Å²) in [6.45, 7) is 4.21. The summed E-state index contributed by atoms with van der Waals surface area (Å²) in [4.78, 5) is 0. The third-order valence-corrected chi connectivity index (χ3v) is 2.82. The Morgan fingerprint density at radius 2 is 1.80 bits per heavy atom. The fraction of sp³-hybridized carbons (Fsp3) is 0.400. The smallest absolute Gasteiger partial charge is 0.216 e. The maximum absolute atomic E-state index is 10.8. The van der Waals surface area contributed by atoms with Gasteiger partial charge in [-0.2, -0.15) is 8.42 Å². The van der Waals surface area contributed by atoms with Crippen LogP contribution in [0.1, 0.15) is 19.4 Å². The van der Waals surface area contributed by atoms with Gasteiger partial charge in [0.05, 0.1) is 0 Å². The zero-order valence-corrected chi connectivity index (χ0v) is 9.71. The third-order valence-electron chi connectivity index (χ3n) is 2.27. The van der Waals surface area contributed by atoms with E-state index in [1.54, 1.807) is 0 Å². The van der Waals surface area contributed by atoms with E-state index < -0.39 is 10.2 Å². The Hall–Kier alpha value is -0.910. The van der Waals surface area contributed by atoms with Crippen molar-refractivity contribution in [2.45, 2.75) is 19.3 Å². The molecule has 4 nitrogen and oxygen atoms in total. The molecule has 84 valence electrons. The van der Waals surface area contributed by atoms with Gasteiger partial charge in [0.25, 0.3) is 10.2 Å². The number of benzene rings is 1. The number of rotatable bonds is 4. The molecule has 1 aromatic carbocycles. The molecular formula is C10H16N2O2S. The molecule has 0 fully saturated rings. The van der Waals surface area contributed by atoms with Gasteiger partial charge in [-0.15, -0.1) is 0 Å².